The summed E-state index contributed by atoms with van der Waals surface area (Å²) in [6.07, 6.45) is 85.2. The van der Waals surface area contributed by atoms with Crippen molar-refractivity contribution < 1.29 is 33.2 Å². The van der Waals surface area contributed by atoms with Crippen LogP contribution < -0.4 is 0 Å². The minimum atomic E-state index is -0.379. The Labute approximate surface area is 546 Å². The van der Waals surface area contributed by atoms with Gasteiger partial charge >= 0.3 is 0 Å². The monoisotopic (exact) mass is 1230 g/mol. The van der Waals surface area contributed by atoms with Gasteiger partial charge in [0.25, 0.3) is 0 Å². The lowest BCUT2D eigenvalue weighted by molar-refractivity contribution is -0.208. The molecule has 0 radical (unpaired) electrons. The van der Waals surface area contributed by atoms with Crippen LogP contribution in [0.15, 0.2) is 24.3 Å². The van der Waals surface area contributed by atoms with E-state index >= 15 is 0 Å². The van der Waals surface area contributed by atoms with Gasteiger partial charge in [0.2, 0.25) is 0 Å². The Morgan fingerprint density at radius 3 is 0.609 bits per heavy atom. The summed E-state index contributed by atoms with van der Waals surface area (Å²) in [5, 5.41) is 0. The summed E-state index contributed by atoms with van der Waals surface area (Å²) in [7, 11) is 0. The van der Waals surface area contributed by atoms with Gasteiger partial charge in [0.05, 0.1) is 13.2 Å². The minimum absolute atomic E-state index is 0.00691. The van der Waals surface area contributed by atoms with E-state index < -0.39 is 0 Å². The van der Waals surface area contributed by atoms with Crippen LogP contribution >= 0.6 is 0 Å². The predicted octanol–water partition coefficient (Wildman–Crippen LogP) is 27.0. The molecule has 0 rings (SSSR count). The van der Waals surface area contributed by atoms with Crippen LogP contribution in [-0.2, 0) is 33.2 Å². The number of hydrogen-bond donors (Lipinski definition) is 0. The maximum absolute atomic E-state index is 6.70. The number of rotatable bonds is 78. The highest BCUT2D eigenvalue weighted by molar-refractivity contribution is 4.90. The van der Waals surface area contributed by atoms with Crippen molar-refractivity contribution in [2.24, 2.45) is 0 Å². The summed E-state index contributed by atoms with van der Waals surface area (Å²) in [5.41, 5.74) is 0. The molecular formula is C80H158O7. The first-order valence-electron chi connectivity index (χ1n) is 39.8. The Balaban J connectivity index is 4.98. The van der Waals surface area contributed by atoms with E-state index in [-0.39, 0.29) is 25.2 Å². The largest absolute Gasteiger partial charge is 0.353 e. The molecule has 2 atom stereocenters. The second-order valence-corrected chi connectivity index (χ2v) is 26.6. The van der Waals surface area contributed by atoms with Crippen LogP contribution in [0.2, 0.25) is 0 Å². The molecule has 0 aliphatic heterocycles. The molecule has 0 aromatic rings. The van der Waals surface area contributed by atoms with Gasteiger partial charge < -0.3 is 33.2 Å². The van der Waals surface area contributed by atoms with Gasteiger partial charge in [0, 0.05) is 26.4 Å². The van der Waals surface area contributed by atoms with E-state index in [9.17, 15) is 0 Å². The summed E-state index contributed by atoms with van der Waals surface area (Å²) < 4.78 is 45.0. The molecule has 0 aliphatic rings. The summed E-state index contributed by atoms with van der Waals surface area (Å²) in [6, 6.07) is 0. The van der Waals surface area contributed by atoms with Crippen LogP contribution in [0.4, 0.5) is 0 Å². The van der Waals surface area contributed by atoms with Crippen LogP contribution in [0.3, 0.4) is 0 Å². The normalized spacial score (nSPS) is 12.9. The van der Waals surface area contributed by atoms with Crippen molar-refractivity contribution in [1.82, 2.24) is 0 Å². The summed E-state index contributed by atoms with van der Waals surface area (Å²) in [4.78, 5) is 0. The molecule has 0 spiro atoms. The molecule has 0 bridgehead atoms. The van der Waals surface area contributed by atoms with Crippen LogP contribution in [0, 0.1) is 0 Å². The highest BCUT2D eigenvalue weighted by Crippen LogP contribution is 2.20. The molecule has 0 fully saturated rings. The number of allylic oxidation sites excluding steroid dienone is 2. The third-order valence-electron chi connectivity index (χ3n) is 17.7. The van der Waals surface area contributed by atoms with E-state index in [1.54, 1.807) is 0 Å². The minimum Gasteiger partial charge on any atom is -0.353 e. The average molecular weight is 1230 g/mol. The zero-order valence-corrected chi connectivity index (χ0v) is 60.1. The Morgan fingerprint density at radius 2 is 0.379 bits per heavy atom. The fourth-order valence-electron chi connectivity index (χ4n) is 11.8. The van der Waals surface area contributed by atoms with Gasteiger partial charge in [-0.2, -0.15) is 0 Å². The fourth-order valence-corrected chi connectivity index (χ4v) is 11.8. The predicted molar refractivity (Wildman–Crippen MR) is 381 cm³/mol. The first-order chi connectivity index (χ1) is 43.1. The summed E-state index contributed by atoms with van der Waals surface area (Å²) in [6.45, 7) is 18.6. The molecule has 0 aromatic carbocycles. The van der Waals surface area contributed by atoms with Crippen molar-refractivity contribution in [2.75, 3.05) is 39.6 Å². The molecule has 0 heterocycles. The third kappa shape index (κ3) is 70.9. The molecule has 2 unspecified atom stereocenters. The maximum Gasteiger partial charge on any atom is 0.180 e. The topological polar surface area (TPSA) is 64.6 Å². The molecule has 0 N–H and O–H groups in total. The molecule has 87 heavy (non-hydrogen) atoms. The van der Waals surface area contributed by atoms with Gasteiger partial charge in [-0.15, -0.1) is 0 Å². The third-order valence-corrected chi connectivity index (χ3v) is 17.7. The standard InChI is InChI=1S/C80H158O7/c1-7-13-19-25-45-55-65-75-85-79(69-59-49-43-39-35-31-33-37-41-47-57-67-77(81-71-61-51-27-21-15-9-3)82-72-62-52-28-22-16-10-4)87-80(86-76-66-56-46-26-20-14-8-2)70-60-50-44-40-36-32-34-38-42-48-58-68-78(83-73-63-53-29-23-17-11-5)84-74-64-54-30-24-18-12-6/h59-60,69-70,77-80H,7-58,61-68,71-76H2,1-6H3. The van der Waals surface area contributed by atoms with Gasteiger partial charge in [-0.1, -0.05) is 349 Å². The van der Waals surface area contributed by atoms with Crippen molar-refractivity contribution in [2.45, 2.75) is 452 Å². The summed E-state index contributed by atoms with van der Waals surface area (Å²) >= 11 is 0. The van der Waals surface area contributed by atoms with Crippen molar-refractivity contribution >= 4 is 0 Å². The van der Waals surface area contributed by atoms with Crippen LogP contribution in [0.1, 0.15) is 427 Å². The fraction of sp³-hybridized carbons (Fsp3) is 0.950. The van der Waals surface area contributed by atoms with Crippen molar-refractivity contribution in [3.05, 3.63) is 24.3 Å². The van der Waals surface area contributed by atoms with Gasteiger partial charge in [-0.05, 0) is 102 Å². The zero-order chi connectivity index (χ0) is 62.8. The Morgan fingerprint density at radius 1 is 0.195 bits per heavy atom. The lowest BCUT2D eigenvalue weighted by atomic mass is 10.1. The SMILES string of the molecule is CCCCCCCCCOC(C=CCCCCCCCCCCCC(OCCCCCCCC)OCCCCCCCC)OC(C=CCCCCCCCCCCCC(OCCCCCCCC)OCCCCCCCC)OCCCCCCCCC. The van der Waals surface area contributed by atoms with E-state index in [1.165, 1.54) is 347 Å². The molecule has 520 valence electrons. The van der Waals surface area contributed by atoms with E-state index in [0.29, 0.717) is 0 Å². The lowest BCUT2D eigenvalue weighted by Gasteiger charge is -2.22. The second kappa shape index (κ2) is 77.6. The quantitative estimate of drug-likeness (QED) is 0.0341. The second-order valence-electron chi connectivity index (χ2n) is 26.6. The number of unbranched alkanes of at least 4 members (excludes halogenated alkanes) is 50. The molecule has 7 nitrogen and oxygen atoms in total. The molecule has 0 aliphatic carbocycles. The van der Waals surface area contributed by atoms with Gasteiger partial charge in [0.15, 0.2) is 25.2 Å². The van der Waals surface area contributed by atoms with Crippen molar-refractivity contribution in [3.63, 3.8) is 0 Å². The Hall–Kier alpha value is -0.800. The van der Waals surface area contributed by atoms with Crippen molar-refractivity contribution in [1.29, 1.82) is 0 Å². The van der Waals surface area contributed by atoms with Gasteiger partial charge in [0.1, 0.15) is 0 Å². The van der Waals surface area contributed by atoms with E-state index in [2.05, 4.69) is 65.8 Å². The van der Waals surface area contributed by atoms with Crippen LogP contribution in [0.5, 0.6) is 0 Å². The lowest BCUT2D eigenvalue weighted by Crippen LogP contribution is -2.25. The molecule has 0 saturated heterocycles. The first-order valence-corrected chi connectivity index (χ1v) is 39.8. The first kappa shape index (κ1) is 86.2. The average Bonchev–Trinajstić information content (AvgIpc) is 3.57. The molecule has 0 saturated carbocycles. The molecule has 0 amide bonds. The number of hydrogen-bond acceptors (Lipinski definition) is 7. The van der Waals surface area contributed by atoms with Crippen LogP contribution in [0.25, 0.3) is 0 Å². The van der Waals surface area contributed by atoms with Crippen LogP contribution in [-0.4, -0.2) is 64.8 Å². The van der Waals surface area contributed by atoms with Gasteiger partial charge in [-0.3, -0.25) is 0 Å². The molecule has 0 aromatic heterocycles. The number of ether oxygens (including phenoxy) is 7. The molecule has 7 heteroatoms. The summed E-state index contributed by atoms with van der Waals surface area (Å²) in [5.74, 6) is 0. The maximum atomic E-state index is 6.70. The van der Waals surface area contributed by atoms with E-state index in [0.717, 1.165) is 78.2 Å². The van der Waals surface area contributed by atoms with Crippen molar-refractivity contribution in [3.8, 4) is 0 Å². The molecular weight excluding hydrogens is 1070 g/mol. The highest BCUT2D eigenvalue weighted by Gasteiger charge is 2.15. The van der Waals surface area contributed by atoms with E-state index in [1.807, 2.05) is 0 Å². The smallest absolute Gasteiger partial charge is 0.180 e. The Bertz CT molecular complexity index is 1150. The Kier molecular flexibility index (Phi) is 76.9. The van der Waals surface area contributed by atoms with Gasteiger partial charge in [-0.25, -0.2) is 0 Å². The zero-order valence-electron chi connectivity index (χ0n) is 60.1. The van der Waals surface area contributed by atoms with E-state index in [4.69, 9.17) is 33.2 Å². The highest BCUT2D eigenvalue weighted by atomic mass is 16.8.